The van der Waals surface area contributed by atoms with Crippen molar-refractivity contribution in [1.29, 1.82) is 0 Å². The molecule has 1 atom stereocenters. The highest BCUT2D eigenvalue weighted by Crippen LogP contribution is 2.26. The Kier molecular flexibility index (Phi) is 4.76. The van der Waals surface area contributed by atoms with Crippen molar-refractivity contribution in [1.82, 2.24) is 20.0 Å². The van der Waals surface area contributed by atoms with Gasteiger partial charge in [0.25, 0.3) is 0 Å². The summed E-state index contributed by atoms with van der Waals surface area (Å²) in [5, 5.41) is 6.83. The zero-order valence-electron chi connectivity index (χ0n) is 13.7. The van der Waals surface area contributed by atoms with Gasteiger partial charge in [-0.3, -0.25) is 4.68 Å². The van der Waals surface area contributed by atoms with Crippen molar-refractivity contribution in [2.45, 2.75) is 12.6 Å². The summed E-state index contributed by atoms with van der Waals surface area (Å²) in [7, 11) is -1.47. The molecule has 1 aliphatic rings. The minimum absolute atomic E-state index is 0.0618. The first-order valence-electron chi connectivity index (χ1n) is 7.82. The van der Waals surface area contributed by atoms with Gasteiger partial charge >= 0.3 is 6.03 Å². The molecule has 9 heteroatoms. The Labute approximate surface area is 145 Å². The number of sulfone groups is 1. The molecule has 2 amide bonds. The molecule has 3 rings (SSSR count). The van der Waals surface area contributed by atoms with Crippen molar-refractivity contribution in [3.05, 3.63) is 53.6 Å². The molecule has 0 aliphatic carbocycles. The molecular formula is C16H19FN4O3S. The van der Waals surface area contributed by atoms with Gasteiger partial charge < -0.3 is 10.2 Å². The summed E-state index contributed by atoms with van der Waals surface area (Å²) in [6.07, 6.45) is 3.29. The first-order valence-corrected chi connectivity index (χ1v) is 9.64. The Morgan fingerprint density at radius 2 is 2.08 bits per heavy atom. The van der Waals surface area contributed by atoms with Crippen LogP contribution in [0.15, 0.2) is 36.7 Å². The van der Waals surface area contributed by atoms with E-state index < -0.39 is 15.9 Å². The Morgan fingerprint density at radius 3 is 2.72 bits per heavy atom. The third-order valence-corrected chi connectivity index (χ3v) is 5.79. The maximum atomic E-state index is 12.9. The molecule has 1 N–H and O–H groups in total. The van der Waals surface area contributed by atoms with Crippen LogP contribution in [0.4, 0.5) is 9.18 Å². The summed E-state index contributed by atoms with van der Waals surface area (Å²) in [5.74, 6) is -0.524. The number of hydrogen-bond donors (Lipinski definition) is 1. The molecule has 0 saturated carbocycles. The third kappa shape index (κ3) is 4.16. The zero-order chi connectivity index (χ0) is 18.0. The molecule has 0 radical (unpaired) electrons. The number of nitrogens with zero attached hydrogens (tertiary/aromatic N) is 3. The second-order valence-electron chi connectivity index (χ2n) is 6.06. The number of urea groups is 1. The van der Waals surface area contributed by atoms with E-state index in [1.807, 2.05) is 0 Å². The number of nitrogens with one attached hydrogen (secondary N) is 1. The van der Waals surface area contributed by atoms with Crippen molar-refractivity contribution >= 4 is 15.9 Å². The summed E-state index contributed by atoms with van der Waals surface area (Å²) in [6, 6.07) is 4.92. The fraction of sp³-hybridized carbons (Fsp3) is 0.375. The fourth-order valence-electron chi connectivity index (χ4n) is 2.82. The smallest absolute Gasteiger partial charge is 0.318 e. The monoisotopic (exact) mass is 366 g/mol. The topological polar surface area (TPSA) is 84.3 Å². The number of amides is 2. The number of aryl methyl sites for hydroxylation is 1. The highest BCUT2D eigenvalue weighted by molar-refractivity contribution is 7.91. The predicted molar refractivity (Wildman–Crippen MR) is 89.9 cm³/mol. The lowest BCUT2D eigenvalue weighted by Crippen LogP contribution is -2.49. The zero-order valence-corrected chi connectivity index (χ0v) is 14.5. The normalized spacial score (nSPS) is 19.6. The lowest BCUT2D eigenvalue weighted by molar-refractivity contribution is 0.180. The number of aromatic nitrogens is 2. The number of halogens is 1. The second kappa shape index (κ2) is 6.83. The molecule has 0 bridgehead atoms. The highest BCUT2D eigenvalue weighted by Gasteiger charge is 2.35. The molecule has 1 aliphatic heterocycles. The SMILES string of the molecule is Cn1cc([C@@H]2CS(=O)(=O)CCN2C(=O)NCc2ccc(F)cc2)cn1. The molecule has 134 valence electrons. The van der Waals surface area contributed by atoms with Gasteiger partial charge in [-0.05, 0) is 17.7 Å². The highest BCUT2D eigenvalue weighted by atomic mass is 32.2. The lowest BCUT2D eigenvalue weighted by Gasteiger charge is -2.35. The molecule has 1 aromatic carbocycles. The minimum atomic E-state index is -3.21. The second-order valence-corrected chi connectivity index (χ2v) is 8.28. The van der Waals surface area contributed by atoms with Crippen LogP contribution in [0.25, 0.3) is 0 Å². The molecule has 0 spiro atoms. The van der Waals surface area contributed by atoms with Gasteiger partial charge in [-0.15, -0.1) is 0 Å². The largest absolute Gasteiger partial charge is 0.334 e. The Morgan fingerprint density at radius 1 is 1.36 bits per heavy atom. The molecule has 1 saturated heterocycles. The maximum Gasteiger partial charge on any atom is 0.318 e. The van der Waals surface area contributed by atoms with E-state index >= 15 is 0 Å². The Hall–Kier alpha value is -2.42. The van der Waals surface area contributed by atoms with Gasteiger partial charge in [-0.2, -0.15) is 5.10 Å². The average molecular weight is 366 g/mol. The first kappa shape index (κ1) is 17.4. The van der Waals surface area contributed by atoms with Crippen molar-refractivity contribution < 1.29 is 17.6 Å². The molecule has 7 nitrogen and oxygen atoms in total. The van der Waals surface area contributed by atoms with Gasteiger partial charge in [0.05, 0.1) is 23.7 Å². The van der Waals surface area contributed by atoms with Gasteiger partial charge in [0.1, 0.15) is 5.82 Å². The van der Waals surface area contributed by atoms with Crippen molar-refractivity contribution in [2.24, 2.45) is 7.05 Å². The van der Waals surface area contributed by atoms with Crippen molar-refractivity contribution in [2.75, 3.05) is 18.1 Å². The van der Waals surface area contributed by atoms with Crippen LogP contribution in [0, 0.1) is 5.82 Å². The van der Waals surface area contributed by atoms with E-state index in [-0.39, 0.29) is 36.4 Å². The molecule has 2 aromatic rings. The van der Waals surface area contributed by atoms with Crippen LogP contribution < -0.4 is 5.32 Å². The van der Waals surface area contributed by atoms with Crippen LogP contribution in [0.5, 0.6) is 0 Å². The maximum absolute atomic E-state index is 12.9. The quantitative estimate of drug-likeness (QED) is 0.886. The molecule has 0 unspecified atom stereocenters. The van der Waals surface area contributed by atoms with Crippen LogP contribution >= 0.6 is 0 Å². The Bertz CT molecular complexity index is 864. The fourth-order valence-corrected chi connectivity index (χ4v) is 4.32. The molecule has 1 fully saturated rings. The van der Waals surface area contributed by atoms with Crippen LogP contribution in [0.2, 0.25) is 0 Å². The molecule has 2 heterocycles. The van der Waals surface area contributed by atoms with E-state index in [9.17, 15) is 17.6 Å². The van der Waals surface area contributed by atoms with E-state index in [2.05, 4.69) is 10.4 Å². The van der Waals surface area contributed by atoms with E-state index in [4.69, 9.17) is 0 Å². The predicted octanol–water partition coefficient (Wildman–Crippen LogP) is 1.24. The Balaban J connectivity index is 1.73. The summed E-state index contributed by atoms with van der Waals surface area (Å²) in [5.41, 5.74) is 1.44. The lowest BCUT2D eigenvalue weighted by atomic mass is 10.1. The number of carbonyl (C=O) groups is 1. The standard InChI is InChI=1S/C16H19FN4O3S/c1-20-10-13(9-19-20)15-11-25(23,24)7-6-21(15)16(22)18-8-12-2-4-14(17)5-3-12/h2-5,9-10,15H,6-8,11H2,1H3,(H,18,22)/t15-/m0/s1. The third-order valence-electron chi connectivity index (χ3n) is 4.16. The average Bonchev–Trinajstić information content (AvgIpc) is 2.99. The van der Waals surface area contributed by atoms with E-state index in [0.717, 1.165) is 5.56 Å². The molecule has 1 aromatic heterocycles. The van der Waals surface area contributed by atoms with Crippen molar-refractivity contribution in [3.63, 3.8) is 0 Å². The van der Waals surface area contributed by atoms with E-state index in [1.165, 1.54) is 17.0 Å². The summed E-state index contributed by atoms with van der Waals surface area (Å²) in [4.78, 5) is 14.1. The summed E-state index contributed by atoms with van der Waals surface area (Å²) in [6.45, 7) is 0.360. The molecular weight excluding hydrogens is 347 g/mol. The van der Waals surface area contributed by atoms with Crippen LogP contribution in [0.1, 0.15) is 17.2 Å². The number of rotatable bonds is 3. The van der Waals surface area contributed by atoms with Gasteiger partial charge in [0, 0.05) is 31.9 Å². The number of benzene rings is 1. The van der Waals surface area contributed by atoms with Gasteiger partial charge in [0.2, 0.25) is 0 Å². The van der Waals surface area contributed by atoms with Crippen molar-refractivity contribution in [3.8, 4) is 0 Å². The van der Waals surface area contributed by atoms with Gasteiger partial charge in [-0.25, -0.2) is 17.6 Å². The summed E-state index contributed by atoms with van der Waals surface area (Å²) >= 11 is 0. The van der Waals surface area contributed by atoms with Gasteiger partial charge in [-0.1, -0.05) is 12.1 Å². The van der Waals surface area contributed by atoms with Crippen LogP contribution in [-0.4, -0.2) is 47.2 Å². The van der Waals surface area contributed by atoms with E-state index in [1.54, 1.807) is 36.3 Å². The van der Waals surface area contributed by atoms with E-state index in [0.29, 0.717) is 5.56 Å². The molecule has 25 heavy (non-hydrogen) atoms. The number of carbonyl (C=O) groups excluding carboxylic acids is 1. The summed E-state index contributed by atoms with van der Waals surface area (Å²) < 4.78 is 38.5. The number of hydrogen-bond acceptors (Lipinski definition) is 4. The van der Waals surface area contributed by atoms with Crippen LogP contribution in [0.3, 0.4) is 0 Å². The van der Waals surface area contributed by atoms with Crippen LogP contribution in [-0.2, 0) is 23.4 Å². The minimum Gasteiger partial charge on any atom is -0.334 e. The van der Waals surface area contributed by atoms with Gasteiger partial charge in [0.15, 0.2) is 9.84 Å². The first-order chi connectivity index (χ1) is 11.8.